The van der Waals surface area contributed by atoms with Crippen molar-refractivity contribution in [2.45, 2.75) is 63.7 Å². The maximum Gasteiger partial charge on any atom is 0.426 e. The van der Waals surface area contributed by atoms with Gasteiger partial charge in [0.1, 0.15) is 22.9 Å². The molecular formula is C23H23F7O. The van der Waals surface area contributed by atoms with Gasteiger partial charge in [-0.3, -0.25) is 0 Å². The van der Waals surface area contributed by atoms with Crippen LogP contribution in [0.15, 0.2) is 36.4 Å². The molecule has 0 amide bonds. The molecule has 0 radical (unpaired) electrons. The predicted molar refractivity (Wildman–Crippen MR) is 102 cm³/mol. The van der Waals surface area contributed by atoms with Gasteiger partial charge in [-0.25, -0.2) is 8.78 Å². The Morgan fingerprint density at radius 3 is 1.90 bits per heavy atom. The Morgan fingerprint density at radius 2 is 1.42 bits per heavy atom. The summed E-state index contributed by atoms with van der Waals surface area (Å²) in [5.41, 5.74) is -1.78. The third-order valence-electron chi connectivity index (χ3n) is 5.81. The van der Waals surface area contributed by atoms with E-state index < -0.39 is 40.8 Å². The Hall–Kier alpha value is -2.25. The van der Waals surface area contributed by atoms with Crippen molar-refractivity contribution in [3.8, 4) is 5.75 Å². The lowest BCUT2D eigenvalue weighted by molar-refractivity contribution is -0.185. The summed E-state index contributed by atoms with van der Waals surface area (Å²) in [4.78, 5) is 0. The van der Waals surface area contributed by atoms with Crippen molar-refractivity contribution in [3.05, 3.63) is 64.7 Å². The number of ether oxygens (including phenoxy) is 1. The summed E-state index contributed by atoms with van der Waals surface area (Å²) in [6, 6.07) is 5.69. The molecule has 0 spiro atoms. The third-order valence-corrected chi connectivity index (χ3v) is 5.81. The molecule has 2 aromatic carbocycles. The van der Waals surface area contributed by atoms with Crippen molar-refractivity contribution in [2.24, 2.45) is 5.92 Å². The number of rotatable bonds is 6. The van der Waals surface area contributed by atoms with Gasteiger partial charge in [-0.15, -0.1) is 0 Å². The van der Waals surface area contributed by atoms with Gasteiger partial charge in [-0.1, -0.05) is 31.9 Å². The second-order valence-corrected chi connectivity index (χ2v) is 8.01. The maximum atomic E-state index is 14.5. The van der Waals surface area contributed by atoms with E-state index in [4.69, 9.17) is 0 Å². The molecule has 0 atom stereocenters. The zero-order valence-electron chi connectivity index (χ0n) is 16.9. The van der Waals surface area contributed by atoms with Crippen LogP contribution in [0, 0.1) is 17.6 Å². The van der Waals surface area contributed by atoms with Crippen LogP contribution in [-0.2, 0) is 12.3 Å². The van der Waals surface area contributed by atoms with Crippen molar-refractivity contribution in [2.75, 3.05) is 0 Å². The molecule has 0 saturated heterocycles. The summed E-state index contributed by atoms with van der Waals surface area (Å²) in [5.74, 6) is -4.08. The molecule has 1 aliphatic carbocycles. The van der Waals surface area contributed by atoms with Crippen molar-refractivity contribution in [3.63, 3.8) is 0 Å². The second-order valence-electron chi connectivity index (χ2n) is 8.01. The highest BCUT2D eigenvalue weighted by molar-refractivity contribution is 5.34. The van der Waals surface area contributed by atoms with Crippen LogP contribution in [0.2, 0.25) is 0 Å². The molecule has 1 aliphatic rings. The van der Waals surface area contributed by atoms with E-state index in [1.807, 2.05) is 0 Å². The molecule has 1 fully saturated rings. The summed E-state index contributed by atoms with van der Waals surface area (Å²) >= 11 is 0. The molecule has 0 bridgehead atoms. The molecular weight excluding hydrogens is 425 g/mol. The van der Waals surface area contributed by atoms with Crippen molar-refractivity contribution in [1.29, 1.82) is 0 Å². The minimum absolute atomic E-state index is 0.100. The molecule has 0 unspecified atom stereocenters. The molecule has 1 saturated carbocycles. The lowest BCUT2D eigenvalue weighted by Crippen LogP contribution is -2.22. The zero-order valence-corrected chi connectivity index (χ0v) is 16.9. The number of hydrogen-bond donors (Lipinski definition) is 0. The first-order valence-electron chi connectivity index (χ1n) is 10.2. The largest absolute Gasteiger partial charge is 0.429 e. The fourth-order valence-corrected chi connectivity index (χ4v) is 4.23. The van der Waals surface area contributed by atoms with E-state index in [1.54, 1.807) is 12.1 Å². The van der Waals surface area contributed by atoms with Crippen LogP contribution < -0.4 is 4.74 Å². The van der Waals surface area contributed by atoms with Crippen LogP contribution in [0.3, 0.4) is 0 Å². The first-order valence-corrected chi connectivity index (χ1v) is 10.2. The van der Waals surface area contributed by atoms with Crippen molar-refractivity contribution >= 4 is 0 Å². The fraction of sp³-hybridized carbons (Fsp3) is 0.478. The van der Waals surface area contributed by atoms with E-state index in [0.29, 0.717) is 5.92 Å². The van der Waals surface area contributed by atoms with Crippen LogP contribution in [-0.4, -0.2) is 0 Å². The van der Waals surface area contributed by atoms with Crippen molar-refractivity contribution < 1.29 is 35.5 Å². The molecule has 2 aromatic rings. The smallest absolute Gasteiger partial charge is 0.426 e. The van der Waals surface area contributed by atoms with Crippen LogP contribution in [0.25, 0.3) is 0 Å². The summed E-state index contributed by atoms with van der Waals surface area (Å²) in [6.07, 6.45) is -2.75. The highest BCUT2D eigenvalue weighted by Gasteiger charge is 2.40. The zero-order chi connectivity index (χ0) is 22.8. The van der Waals surface area contributed by atoms with Gasteiger partial charge >= 0.3 is 12.3 Å². The van der Waals surface area contributed by atoms with E-state index in [-0.39, 0.29) is 18.1 Å². The average Bonchev–Trinajstić information content (AvgIpc) is 2.67. The summed E-state index contributed by atoms with van der Waals surface area (Å²) in [7, 11) is 0. The Bertz CT molecular complexity index is 859. The standard InChI is InChI=1S/C23H23F7O/c1-2-3-14-4-6-15(7-5-14)16-8-10-17(11-9-16)23(29,30)31-18-12-19(24)21(20(25)13-18)22(26,27)28/h8-15H,2-7H2,1H3. The first kappa shape index (κ1) is 23.4. The Morgan fingerprint density at radius 1 is 0.871 bits per heavy atom. The van der Waals surface area contributed by atoms with Gasteiger partial charge in [0.15, 0.2) is 0 Å². The lowest BCUT2D eigenvalue weighted by Gasteiger charge is -2.29. The van der Waals surface area contributed by atoms with Gasteiger partial charge in [-0.05, 0) is 55.2 Å². The molecule has 170 valence electrons. The van der Waals surface area contributed by atoms with Gasteiger partial charge in [0.05, 0.1) is 5.56 Å². The summed E-state index contributed by atoms with van der Waals surface area (Å²) < 4.78 is 98.4. The fourth-order valence-electron chi connectivity index (χ4n) is 4.23. The van der Waals surface area contributed by atoms with Gasteiger partial charge in [0, 0.05) is 12.1 Å². The molecule has 8 heteroatoms. The Balaban J connectivity index is 1.71. The minimum Gasteiger partial charge on any atom is -0.429 e. The molecule has 0 N–H and O–H groups in total. The molecule has 0 aromatic heterocycles. The summed E-state index contributed by atoms with van der Waals surface area (Å²) in [6.45, 7) is 2.15. The van der Waals surface area contributed by atoms with E-state index in [1.165, 1.54) is 18.6 Å². The molecule has 0 aliphatic heterocycles. The quantitative estimate of drug-likeness (QED) is 0.405. The van der Waals surface area contributed by atoms with Crippen LogP contribution >= 0.6 is 0 Å². The topological polar surface area (TPSA) is 9.23 Å². The van der Waals surface area contributed by atoms with Gasteiger partial charge in [0.25, 0.3) is 0 Å². The highest BCUT2D eigenvalue weighted by Crippen LogP contribution is 2.40. The second kappa shape index (κ2) is 9.09. The van der Waals surface area contributed by atoms with E-state index >= 15 is 0 Å². The number of halogens is 7. The molecule has 1 nitrogen and oxygen atoms in total. The van der Waals surface area contributed by atoms with Crippen LogP contribution in [0.4, 0.5) is 30.7 Å². The number of alkyl halides is 5. The number of hydrogen-bond acceptors (Lipinski definition) is 1. The molecule has 3 rings (SSSR count). The predicted octanol–water partition coefficient (Wildman–Crippen LogP) is 8.19. The average molecular weight is 448 g/mol. The maximum absolute atomic E-state index is 14.5. The minimum atomic E-state index is -5.29. The van der Waals surface area contributed by atoms with Crippen LogP contribution in [0.1, 0.15) is 68.1 Å². The van der Waals surface area contributed by atoms with E-state index in [2.05, 4.69) is 11.7 Å². The van der Waals surface area contributed by atoms with Crippen LogP contribution in [0.5, 0.6) is 5.75 Å². The summed E-state index contributed by atoms with van der Waals surface area (Å²) in [5, 5.41) is 0. The normalized spacial score (nSPS) is 20.0. The SMILES string of the molecule is CCCC1CCC(c2ccc(C(F)(F)Oc3cc(F)c(C(F)(F)F)c(F)c3)cc2)CC1. The Kier molecular flexibility index (Phi) is 6.86. The van der Waals surface area contributed by atoms with E-state index in [9.17, 15) is 30.7 Å². The molecule has 31 heavy (non-hydrogen) atoms. The van der Waals surface area contributed by atoms with Gasteiger partial charge < -0.3 is 4.74 Å². The highest BCUT2D eigenvalue weighted by atomic mass is 19.4. The third kappa shape index (κ3) is 5.52. The van der Waals surface area contributed by atoms with Crippen molar-refractivity contribution in [1.82, 2.24) is 0 Å². The van der Waals surface area contributed by atoms with Gasteiger partial charge in [-0.2, -0.15) is 22.0 Å². The monoisotopic (exact) mass is 448 g/mol. The lowest BCUT2D eigenvalue weighted by atomic mass is 9.77. The first-order chi connectivity index (χ1) is 14.5. The number of benzene rings is 2. The van der Waals surface area contributed by atoms with E-state index in [0.717, 1.165) is 37.7 Å². The van der Waals surface area contributed by atoms with Gasteiger partial charge in [0.2, 0.25) is 0 Å². The molecule has 0 heterocycles. The Labute approximate surface area is 176 Å².